The van der Waals surface area contributed by atoms with E-state index >= 15 is 0 Å². The number of nitrogens with one attached hydrogen (secondary N) is 2. The number of carbonyl (C=O) groups excluding carboxylic acids is 1. The summed E-state index contributed by atoms with van der Waals surface area (Å²) in [6.07, 6.45) is 4.64. The van der Waals surface area contributed by atoms with Crippen LogP contribution in [0.3, 0.4) is 0 Å². The van der Waals surface area contributed by atoms with Crippen molar-refractivity contribution in [2.24, 2.45) is 5.92 Å². The third-order valence-electron chi connectivity index (χ3n) is 4.34. The van der Waals surface area contributed by atoms with E-state index in [2.05, 4.69) is 36.4 Å². The van der Waals surface area contributed by atoms with Crippen molar-refractivity contribution in [2.75, 3.05) is 0 Å². The number of H-pyrrole nitrogens is 1. The topological polar surface area (TPSA) is 87.7 Å². The number of amides is 1. The summed E-state index contributed by atoms with van der Waals surface area (Å²) in [5.74, 6) is 0.515. The first-order chi connectivity index (χ1) is 11.6. The van der Waals surface area contributed by atoms with Crippen LogP contribution in [0.25, 0.3) is 10.7 Å². The van der Waals surface area contributed by atoms with Crippen LogP contribution in [0.5, 0.6) is 0 Å². The molecule has 0 spiro atoms. The zero-order valence-corrected chi connectivity index (χ0v) is 15.7. The standard InChI is InChI=1S/C16H19BrN4O2S/c1-2-11(18-15(22)9-5-3-4-6-9)12-16(23)19-14(21-20-12)13-10(17)7-8-24-13/h7-9,11H,2-6H2,1H3,(H,18,22)(H,19,21,23). The minimum absolute atomic E-state index is 0.0191. The molecule has 1 amide bonds. The lowest BCUT2D eigenvalue weighted by molar-refractivity contribution is -0.125. The normalized spacial score (nSPS) is 16.2. The first-order valence-corrected chi connectivity index (χ1v) is 9.78. The Hall–Kier alpha value is -1.54. The molecule has 8 heteroatoms. The van der Waals surface area contributed by atoms with Gasteiger partial charge >= 0.3 is 0 Å². The number of thiophene rings is 1. The van der Waals surface area contributed by atoms with Crippen LogP contribution in [0.1, 0.15) is 50.8 Å². The zero-order chi connectivity index (χ0) is 17.1. The van der Waals surface area contributed by atoms with Crippen LogP contribution in [-0.4, -0.2) is 21.1 Å². The van der Waals surface area contributed by atoms with Gasteiger partial charge in [-0.2, -0.15) is 0 Å². The van der Waals surface area contributed by atoms with Gasteiger partial charge in [-0.25, -0.2) is 0 Å². The highest BCUT2D eigenvalue weighted by Crippen LogP contribution is 2.30. The van der Waals surface area contributed by atoms with Gasteiger partial charge in [0.25, 0.3) is 5.56 Å². The predicted octanol–water partition coefficient (Wildman–Crippen LogP) is 3.41. The summed E-state index contributed by atoms with van der Waals surface area (Å²) in [6.45, 7) is 1.92. The summed E-state index contributed by atoms with van der Waals surface area (Å²) in [5, 5.41) is 13.1. The first kappa shape index (κ1) is 17.3. The molecule has 2 heterocycles. The van der Waals surface area contributed by atoms with E-state index in [-0.39, 0.29) is 23.1 Å². The number of carbonyl (C=O) groups is 1. The lowest BCUT2D eigenvalue weighted by Gasteiger charge is -2.18. The van der Waals surface area contributed by atoms with Gasteiger partial charge in [0.2, 0.25) is 5.91 Å². The van der Waals surface area contributed by atoms with Gasteiger partial charge in [-0.05, 0) is 46.6 Å². The Kier molecular flexibility index (Phi) is 5.45. The van der Waals surface area contributed by atoms with Crippen LogP contribution in [0.4, 0.5) is 0 Å². The molecule has 0 radical (unpaired) electrons. The predicted molar refractivity (Wildman–Crippen MR) is 96.8 cm³/mol. The van der Waals surface area contributed by atoms with Gasteiger partial charge in [-0.3, -0.25) is 9.59 Å². The third kappa shape index (κ3) is 3.59. The average Bonchev–Trinajstić information content (AvgIpc) is 3.24. The molecule has 1 atom stereocenters. The molecule has 1 aliphatic carbocycles. The smallest absolute Gasteiger partial charge is 0.275 e. The Labute approximate surface area is 152 Å². The van der Waals surface area contributed by atoms with Crippen LogP contribution in [-0.2, 0) is 4.79 Å². The van der Waals surface area contributed by atoms with Crippen LogP contribution >= 0.6 is 27.3 Å². The Bertz CT molecular complexity index is 782. The highest BCUT2D eigenvalue weighted by molar-refractivity contribution is 9.10. The number of aromatic nitrogens is 3. The van der Waals surface area contributed by atoms with Crippen molar-refractivity contribution >= 4 is 33.2 Å². The summed E-state index contributed by atoms with van der Waals surface area (Å²) in [7, 11) is 0. The first-order valence-electron chi connectivity index (χ1n) is 8.10. The summed E-state index contributed by atoms with van der Waals surface area (Å²) in [5.41, 5.74) is -0.0425. The van der Waals surface area contributed by atoms with E-state index < -0.39 is 6.04 Å². The Morgan fingerprint density at radius 3 is 2.79 bits per heavy atom. The third-order valence-corrected chi connectivity index (χ3v) is 6.18. The van der Waals surface area contributed by atoms with Crippen molar-refractivity contribution in [3.05, 3.63) is 32.0 Å². The Morgan fingerprint density at radius 2 is 2.21 bits per heavy atom. The molecule has 0 aromatic carbocycles. The molecule has 0 bridgehead atoms. The van der Waals surface area contributed by atoms with Gasteiger partial charge in [0.05, 0.1) is 10.9 Å². The van der Waals surface area contributed by atoms with E-state index in [4.69, 9.17) is 0 Å². The fourth-order valence-electron chi connectivity index (χ4n) is 2.98. The number of nitrogens with zero attached hydrogens (tertiary/aromatic N) is 2. The SMILES string of the molecule is CCC(NC(=O)C1CCCC1)c1nnc(-c2sccc2Br)[nH]c1=O. The number of rotatable bonds is 5. The maximum absolute atomic E-state index is 12.4. The molecule has 24 heavy (non-hydrogen) atoms. The van der Waals surface area contributed by atoms with Crippen molar-refractivity contribution in [2.45, 2.75) is 45.1 Å². The molecule has 2 aromatic rings. The molecule has 1 unspecified atom stereocenters. The van der Waals surface area contributed by atoms with Gasteiger partial charge < -0.3 is 10.3 Å². The fraction of sp³-hybridized carbons (Fsp3) is 0.500. The lowest BCUT2D eigenvalue weighted by Crippen LogP contribution is -2.36. The van der Waals surface area contributed by atoms with E-state index in [1.807, 2.05) is 18.4 Å². The Balaban J connectivity index is 1.80. The molecular weight excluding hydrogens is 392 g/mol. The number of hydrogen-bond donors (Lipinski definition) is 2. The highest BCUT2D eigenvalue weighted by atomic mass is 79.9. The second-order valence-corrected chi connectivity index (χ2v) is 7.71. The van der Waals surface area contributed by atoms with Crippen LogP contribution in [0.2, 0.25) is 0 Å². The van der Waals surface area contributed by atoms with Crippen molar-refractivity contribution in [1.29, 1.82) is 0 Å². The summed E-state index contributed by atoms with van der Waals surface area (Å²) in [6, 6.07) is 1.49. The van der Waals surface area contributed by atoms with Gasteiger partial charge in [-0.1, -0.05) is 19.8 Å². The summed E-state index contributed by atoms with van der Waals surface area (Å²) in [4.78, 5) is 28.4. The minimum atomic E-state index is -0.407. The molecule has 0 aliphatic heterocycles. The molecular formula is C16H19BrN4O2S. The van der Waals surface area contributed by atoms with Crippen molar-refractivity contribution < 1.29 is 4.79 Å². The van der Waals surface area contributed by atoms with Crippen molar-refractivity contribution in [3.8, 4) is 10.7 Å². The average molecular weight is 411 g/mol. The molecule has 2 N–H and O–H groups in total. The maximum Gasteiger partial charge on any atom is 0.275 e. The molecule has 1 fully saturated rings. The van der Waals surface area contributed by atoms with Gasteiger partial charge in [0.1, 0.15) is 0 Å². The number of hydrogen-bond acceptors (Lipinski definition) is 5. The minimum Gasteiger partial charge on any atom is -0.347 e. The van der Waals surface area contributed by atoms with Crippen LogP contribution in [0.15, 0.2) is 20.7 Å². The molecule has 3 rings (SSSR count). The number of aromatic amines is 1. The zero-order valence-electron chi connectivity index (χ0n) is 13.3. The Morgan fingerprint density at radius 1 is 1.46 bits per heavy atom. The van der Waals surface area contributed by atoms with E-state index in [1.165, 1.54) is 11.3 Å². The van der Waals surface area contributed by atoms with Crippen molar-refractivity contribution in [1.82, 2.24) is 20.5 Å². The summed E-state index contributed by atoms with van der Waals surface area (Å²) < 4.78 is 0.867. The van der Waals surface area contributed by atoms with E-state index in [0.717, 1.165) is 35.0 Å². The molecule has 2 aromatic heterocycles. The van der Waals surface area contributed by atoms with Crippen molar-refractivity contribution in [3.63, 3.8) is 0 Å². The molecule has 128 valence electrons. The molecule has 0 saturated heterocycles. The maximum atomic E-state index is 12.4. The molecule has 1 saturated carbocycles. The quantitative estimate of drug-likeness (QED) is 0.790. The van der Waals surface area contributed by atoms with Gasteiger partial charge in [0, 0.05) is 10.4 Å². The van der Waals surface area contributed by atoms with E-state index in [0.29, 0.717) is 12.2 Å². The van der Waals surface area contributed by atoms with Gasteiger partial charge in [0.15, 0.2) is 11.5 Å². The van der Waals surface area contributed by atoms with E-state index in [1.54, 1.807) is 0 Å². The fourth-order valence-corrected chi connectivity index (χ4v) is 4.48. The van der Waals surface area contributed by atoms with Crippen LogP contribution < -0.4 is 10.9 Å². The lowest BCUT2D eigenvalue weighted by atomic mass is 10.1. The highest BCUT2D eigenvalue weighted by Gasteiger charge is 2.26. The molecule has 1 aliphatic rings. The second-order valence-electron chi connectivity index (χ2n) is 5.94. The second kappa shape index (κ2) is 7.57. The summed E-state index contributed by atoms with van der Waals surface area (Å²) >= 11 is 4.89. The molecule has 6 nitrogen and oxygen atoms in total. The monoisotopic (exact) mass is 410 g/mol. The van der Waals surface area contributed by atoms with Gasteiger partial charge in [-0.15, -0.1) is 21.5 Å². The van der Waals surface area contributed by atoms with Crippen LogP contribution in [0, 0.1) is 5.92 Å². The largest absolute Gasteiger partial charge is 0.347 e. The van der Waals surface area contributed by atoms with E-state index in [9.17, 15) is 9.59 Å². The number of halogens is 1.